The molecule has 0 aromatic heterocycles. The van der Waals surface area contributed by atoms with Gasteiger partial charge in [-0.25, -0.2) is 4.90 Å². The van der Waals surface area contributed by atoms with E-state index >= 15 is 0 Å². The molecule has 3 aromatic rings. The van der Waals surface area contributed by atoms with E-state index in [-0.39, 0.29) is 27.9 Å². The van der Waals surface area contributed by atoms with Gasteiger partial charge in [-0.3, -0.25) is 19.2 Å². The van der Waals surface area contributed by atoms with Gasteiger partial charge in [-0.15, -0.1) is 0 Å². The average molecular weight is 520 g/mol. The fraction of sp³-hybridized carbons (Fsp3) is 0.111. The van der Waals surface area contributed by atoms with Crippen LogP contribution in [-0.2, 0) is 9.59 Å². The first kappa shape index (κ1) is 25.5. The van der Waals surface area contributed by atoms with Gasteiger partial charge in [0.2, 0.25) is 0 Å². The largest absolute Gasteiger partial charge is 0.497 e. The van der Waals surface area contributed by atoms with Crippen LogP contribution >= 0.6 is 11.6 Å². The Morgan fingerprint density at radius 2 is 1.57 bits per heavy atom. The van der Waals surface area contributed by atoms with Gasteiger partial charge in [-0.1, -0.05) is 17.7 Å². The summed E-state index contributed by atoms with van der Waals surface area (Å²) in [6.07, 6.45) is 0. The lowest BCUT2D eigenvalue weighted by molar-refractivity contribution is -0.120. The minimum Gasteiger partial charge on any atom is -0.497 e. The number of Topliss-reactive ketones (excluding diaryl/α,β-unsaturated/α-hetero) is 1. The highest BCUT2D eigenvalue weighted by molar-refractivity contribution is 6.53. The highest BCUT2D eigenvalue weighted by atomic mass is 35.5. The Bertz CT molecular complexity index is 1450. The molecule has 2 N–H and O–H groups in total. The smallest absolute Gasteiger partial charge is 0.283 e. The predicted molar refractivity (Wildman–Crippen MR) is 139 cm³/mol. The van der Waals surface area contributed by atoms with Gasteiger partial charge in [-0.05, 0) is 61.5 Å². The fourth-order valence-corrected chi connectivity index (χ4v) is 3.89. The lowest BCUT2D eigenvalue weighted by atomic mass is 10.1. The number of halogens is 1. The Kier molecular flexibility index (Phi) is 7.26. The lowest BCUT2D eigenvalue weighted by Gasteiger charge is -2.18. The molecule has 1 aliphatic heterocycles. The van der Waals surface area contributed by atoms with Crippen molar-refractivity contribution in [1.82, 2.24) is 0 Å². The second kappa shape index (κ2) is 10.5. The molecule has 0 radical (unpaired) electrons. The normalized spacial score (nSPS) is 13.0. The number of benzene rings is 3. The van der Waals surface area contributed by atoms with Crippen molar-refractivity contribution in [3.05, 3.63) is 88.6 Å². The minimum atomic E-state index is -0.722. The van der Waals surface area contributed by atoms with Gasteiger partial charge in [0.05, 0.1) is 19.9 Å². The van der Waals surface area contributed by atoms with Gasteiger partial charge >= 0.3 is 0 Å². The number of amides is 3. The zero-order chi connectivity index (χ0) is 26.7. The van der Waals surface area contributed by atoms with E-state index in [4.69, 9.17) is 21.1 Å². The molecule has 0 saturated carbocycles. The zero-order valence-electron chi connectivity index (χ0n) is 20.1. The molecule has 3 amide bonds. The quantitative estimate of drug-likeness (QED) is 0.330. The average Bonchev–Trinajstić information content (AvgIpc) is 3.11. The van der Waals surface area contributed by atoms with Crippen molar-refractivity contribution in [3.8, 4) is 11.5 Å². The lowest BCUT2D eigenvalue weighted by Crippen LogP contribution is -2.32. The summed E-state index contributed by atoms with van der Waals surface area (Å²) in [6, 6.07) is 17.5. The molecule has 1 heterocycles. The van der Waals surface area contributed by atoms with E-state index in [0.29, 0.717) is 28.3 Å². The van der Waals surface area contributed by atoms with Gasteiger partial charge in [0.25, 0.3) is 17.7 Å². The fourth-order valence-electron chi connectivity index (χ4n) is 3.67. The Labute approximate surface area is 217 Å². The molecule has 0 bridgehead atoms. The molecule has 0 saturated heterocycles. The summed E-state index contributed by atoms with van der Waals surface area (Å²) < 4.78 is 10.5. The van der Waals surface area contributed by atoms with Crippen LogP contribution in [-0.4, -0.2) is 37.7 Å². The number of carbonyl (C=O) groups excluding carboxylic acids is 4. The molecule has 1 aliphatic rings. The third kappa shape index (κ3) is 5.17. The molecule has 37 heavy (non-hydrogen) atoms. The highest BCUT2D eigenvalue weighted by Crippen LogP contribution is 2.37. The molecule has 0 aliphatic carbocycles. The molecule has 188 valence electrons. The number of methoxy groups -OCH3 is 2. The van der Waals surface area contributed by atoms with Crippen molar-refractivity contribution in [3.63, 3.8) is 0 Å². The standard InChI is InChI=1S/C27H22ClN3O6/c1-15(32)16-7-9-18(10-8-16)30-25(33)17-5-4-6-19(13-17)29-24-23(28)26(34)31(27(24)35)21-12-11-20(36-2)14-22(21)37-3/h4-14,29H,1-3H3,(H,30,33). The van der Waals surface area contributed by atoms with Crippen LogP contribution in [0.4, 0.5) is 17.1 Å². The first-order valence-electron chi connectivity index (χ1n) is 11.0. The molecule has 10 heteroatoms. The molecular formula is C27H22ClN3O6. The number of carbonyl (C=O) groups is 4. The monoisotopic (exact) mass is 519 g/mol. The van der Waals surface area contributed by atoms with Crippen LogP contribution < -0.4 is 25.0 Å². The number of hydrogen-bond donors (Lipinski definition) is 2. The molecule has 9 nitrogen and oxygen atoms in total. The van der Waals surface area contributed by atoms with Crippen LogP contribution in [0.15, 0.2) is 77.5 Å². The number of ketones is 1. The predicted octanol–water partition coefficient (Wildman–Crippen LogP) is 4.59. The van der Waals surface area contributed by atoms with Gasteiger partial charge in [0, 0.05) is 28.6 Å². The second-order valence-electron chi connectivity index (χ2n) is 7.97. The number of anilines is 3. The molecule has 4 rings (SSSR count). The van der Waals surface area contributed by atoms with Gasteiger partial charge in [0.1, 0.15) is 22.2 Å². The van der Waals surface area contributed by atoms with E-state index in [2.05, 4.69) is 10.6 Å². The van der Waals surface area contributed by atoms with Gasteiger partial charge < -0.3 is 20.1 Å². The second-order valence-corrected chi connectivity index (χ2v) is 8.34. The van der Waals surface area contributed by atoms with E-state index in [1.165, 1.54) is 33.3 Å². The van der Waals surface area contributed by atoms with Crippen molar-refractivity contribution in [1.29, 1.82) is 0 Å². The number of ether oxygens (including phenoxy) is 2. The van der Waals surface area contributed by atoms with Crippen LogP contribution in [0.25, 0.3) is 0 Å². The maximum atomic E-state index is 13.2. The van der Waals surface area contributed by atoms with Crippen LogP contribution in [0.2, 0.25) is 0 Å². The van der Waals surface area contributed by atoms with Crippen molar-refractivity contribution >= 4 is 52.2 Å². The van der Waals surface area contributed by atoms with Crippen LogP contribution in [0.5, 0.6) is 11.5 Å². The summed E-state index contributed by atoms with van der Waals surface area (Å²) >= 11 is 6.25. The molecule has 3 aromatic carbocycles. The molecular weight excluding hydrogens is 498 g/mol. The van der Waals surface area contributed by atoms with E-state index in [9.17, 15) is 19.2 Å². The number of rotatable bonds is 8. The number of nitrogens with zero attached hydrogens (tertiary/aromatic N) is 1. The van der Waals surface area contributed by atoms with Crippen LogP contribution in [0.1, 0.15) is 27.6 Å². The van der Waals surface area contributed by atoms with Gasteiger partial charge in [-0.2, -0.15) is 0 Å². The summed E-state index contributed by atoms with van der Waals surface area (Å²) in [7, 11) is 2.89. The van der Waals surface area contributed by atoms with Crippen molar-refractivity contribution in [2.75, 3.05) is 29.8 Å². The van der Waals surface area contributed by atoms with E-state index in [1.807, 2.05) is 0 Å². The summed E-state index contributed by atoms with van der Waals surface area (Å²) in [5, 5.41) is 5.31. The van der Waals surface area contributed by atoms with Gasteiger partial charge in [0.15, 0.2) is 5.78 Å². The zero-order valence-corrected chi connectivity index (χ0v) is 20.9. The Morgan fingerprint density at radius 1 is 0.838 bits per heavy atom. The van der Waals surface area contributed by atoms with Crippen molar-refractivity contribution in [2.45, 2.75) is 6.92 Å². The first-order chi connectivity index (χ1) is 17.7. The van der Waals surface area contributed by atoms with E-state index < -0.39 is 17.7 Å². The Morgan fingerprint density at radius 3 is 2.22 bits per heavy atom. The van der Waals surface area contributed by atoms with E-state index in [1.54, 1.807) is 54.6 Å². The third-order valence-corrected chi connectivity index (χ3v) is 5.95. The number of imide groups is 1. The maximum absolute atomic E-state index is 13.2. The first-order valence-corrected chi connectivity index (χ1v) is 11.4. The SMILES string of the molecule is COc1ccc(N2C(=O)C(Cl)=C(Nc3cccc(C(=O)Nc4ccc(C(C)=O)cc4)c3)C2=O)c(OC)c1. The van der Waals surface area contributed by atoms with Crippen LogP contribution in [0.3, 0.4) is 0 Å². The van der Waals surface area contributed by atoms with Crippen molar-refractivity contribution < 1.29 is 28.7 Å². The summed E-state index contributed by atoms with van der Waals surface area (Å²) in [5.74, 6) is -1.14. The molecule has 0 fully saturated rings. The number of hydrogen-bond acceptors (Lipinski definition) is 7. The molecule has 0 spiro atoms. The Hall–Kier alpha value is -4.63. The summed E-state index contributed by atoms with van der Waals surface area (Å²) in [6.45, 7) is 1.46. The highest BCUT2D eigenvalue weighted by Gasteiger charge is 2.40. The third-order valence-electron chi connectivity index (χ3n) is 5.60. The summed E-state index contributed by atoms with van der Waals surface area (Å²) in [4.78, 5) is 51.2. The van der Waals surface area contributed by atoms with Crippen molar-refractivity contribution in [2.24, 2.45) is 0 Å². The minimum absolute atomic E-state index is 0.0754. The summed E-state index contributed by atoms with van der Waals surface area (Å²) in [5.41, 5.74) is 1.78. The Balaban J connectivity index is 1.53. The number of nitrogens with one attached hydrogen (secondary N) is 2. The maximum Gasteiger partial charge on any atom is 0.283 e. The molecule has 0 atom stereocenters. The van der Waals surface area contributed by atoms with Crippen LogP contribution in [0, 0.1) is 0 Å². The molecule has 0 unspecified atom stereocenters. The van der Waals surface area contributed by atoms with E-state index in [0.717, 1.165) is 4.90 Å². The topological polar surface area (TPSA) is 114 Å².